The molecule has 5 nitrogen and oxygen atoms in total. The summed E-state index contributed by atoms with van der Waals surface area (Å²) in [5, 5.41) is 9.35. The molecule has 1 amide bonds. The Morgan fingerprint density at radius 2 is 1.86 bits per heavy atom. The van der Waals surface area contributed by atoms with Gasteiger partial charge >= 0.3 is 0 Å². The standard InChI is InChI=1S/C22H18Cl2N4O/c23-18-8-7-16(12-19(18)24)14-28-20-6-2-1-5-17(20)21(27-28)22(29)26-11-9-15-4-3-10-25-13-15/h1-8,10,12-13H,9,11,14H2,(H,26,29). The van der Waals surface area contributed by atoms with Gasteiger partial charge in [0.2, 0.25) is 0 Å². The molecule has 0 aliphatic carbocycles. The molecule has 0 aliphatic rings. The van der Waals surface area contributed by atoms with Crippen LogP contribution >= 0.6 is 23.2 Å². The first-order valence-corrected chi connectivity index (χ1v) is 9.94. The van der Waals surface area contributed by atoms with Crippen molar-refractivity contribution in [2.24, 2.45) is 0 Å². The summed E-state index contributed by atoms with van der Waals surface area (Å²) in [4.78, 5) is 16.9. The maximum absolute atomic E-state index is 12.8. The quantitative estimate of drug-likeness (QED) is 0.485. The van der Waals surface area contributed by atoms with E-state index in [0.29, 0.717) is 35.2 Å². The van der Waals surface area contributed by atoms with Crippen molar-refractivity contribution in [3.05, 3.63) is 93.9 Å². The van der Waals surface area contributed by atoms with E-state index in [1.165, 1.54) is 0 Å². The molecule has 0 unspecified atom stereocenters. The number of carbonyl (C=O) groups excluding carboxylic acids is 1. The van der Waals surface area contributed by atoms with E-state index in [1.54, 1.807) is 18.5 Å². The fourth-order valence-electron chi connectivity index (χ4n) is 3.18. The van der Waals surface area contributed by atoms with E-state index in [2.05, 4.69) is 15.4 Å². The van der Waals surface area contributed by atoms with Crippen LogP contribution in [0.25, 0.3) is 10.9 Å². The molecular formula is C22H18Cl2N4O. The Hall–Kier alpha value is -2.89. The maximum Gasteiger partial charge on any atom is 0.272 e. The minimum Gasteiger partial charge on any atom is -0.350 e. The van der Waals surface area contributed by atoms with E-state index >= 15 is 0 Å². The van der Waals surface area contributed by atoms with Crippen molar-refractivity contribution in [2.75, 3.05) is 6.54 Å². The van der Waals surface area contributed by atoms with Crippen molar-refractivity contribution in [1.82, 2.24) is 20.1 Å². The smallest absolute Gasteiger partial charge is 0.272 e. The molecule has 4 rings (SSSR count). The van der Waals surface area contributed by atoms with E-state index in [4.69, 9.17) is 23.2 Å². The predicted octanol–water partition coefficient (Wildman–Crippen LogP) is 4.76. The van der Waals surface area contributed by atoms with Gasteiger partial charge in [-0.15, -0.1) is 0 Å². The topological polar surface area (TPSA) is 59.8 Å². The maximum atomic E-state index is 12.8. The Kier molecular flexibility index (Phi) is 5.79. The summed E-state index contributed by atoms with van der Waals surface area (Å²) in [5.74, 6) is -0.196. The zero-order chi connectivity index (χ0) is 20.2. The number of nitrogens with one attached hydrogen (secondary N) is 1. The summed E-state index contributed by atoms with van der Waals surface area (Å²) < 4.78 is 1.81. The number of benzene rings is 2. The lowest BCUT2D eigenvalue weighted by atomic mass is 10.2. The zero-order valence-corrected chi connectivity index (χ0v) is 17.0. The van der Waals surface area contributed by atoms with Crippen LogP contribution in [0.5, 0.6) is 0 Å². The van der Waals surface area contributed by atoms with E-state index < -0.39 is 0 Å². The normalized spacial score (nSPS) is 11.0. The van der Waals surface area contributed by atoms with Gasteiger partial charge in [0.1, 0.15) is 0 Å². The van der Waals surface area contributed by atoms with Gasteiger partial charge in [-0.25, -0.2) is 0 Å². The molecule has 2 aromatic heterocycles. The van der Waals surface area contributed by atoms with Crippen LogP contribution in [-0.2, 0) is 13.0 Å². The highest BCUT2D eigenvalue weighted by Gasteiger charge is 2.17. The van der Waals surface area contributed by atoms with Gasteiger partial charge in [0, 0.05) is 24.3 Å². The largest absolute Gasteiger partial charge is 0.350 e. The Labute approximate surface area is 178 Å². The molecular weight excluding hydrogens is 407 g/mol. The van der Waals surface area contributed by atoms with Gasteiger partial charge in [0.15, 0.2) is 5.69 Å². The number of para-hydroxylation sites is 1. The highest BCUT2D eigenvalue weighted by Crippen LogP contribution is 2.24. The lowest BCUT2D eigenvalue weighted by Gasteiger charge is -2.05. The van der Waals surface area contributed by atoms with Crippen LogP contribution in [-0.4, -0.2) is 27.2 Å². The van der Waals surface area contributed by atoms with Crippen LogP contribution in [0.4, 0.5) is 0 Å². The molecule has 0 atom stereocenters. The van der Waals surface area contributed by atoms with Crippen molar-refractivity contribution >= 4 is 40.0 Å². The molecule has 0 bridgehead atoms. The van der Waals surface area contributed by atoms with E-state index in [-0.39, 0.29) is 5.91 Å². The first kappa shape index (κ1) is 19.4. The number of aromatic nitrogens is 3. The van der Waals surface area contributed by atoms with Gasteiger partial charge in [-0.3, -0.25) is 14.5 Å². The van der Waals surface area contributed by atoms with Gasteiger partial charge in [-0.1, -0.05) is 53.5 Å². The third-order valence-electron chi connectivity index (χ3n) is 4.61. The molecule has 0 aliphatic heterocycles. The summed E-state index contributed by atoms with van der Waals surface area (Å²) in [6.07, 6.45) is 4.24. The molecule has 0 radical (unpaired) electrons. The minimum absolute atomic E-state index is 0.196. The van der Waals surface area contributed by atoms with Crippen LogP contribution in [0, 0.1) is 0 Å². The number of hydrogen-bond donors (Lipinski definition) is 1. The molecule has 7 heteroatoms. The fraction of sp³-hybridized carbons (Fsp3) is 0.136. The second-order valence-electron chi connectivity index (χ2n) is 6.64. The molecule has 29 heavy (non-hydrogen) atoms. The molecule has 4 aromatic rings. The first-order valence-electron chi connectivity index (χ1n) is 9.18. The van der Waals surface area contributed by atoms with Gasteiger partial charge in [-0.2, -0.15) is 5.10 Å². The number of carbonyl (C=O) groups is 1. The van der Waals surface area contributed by atoms with Crippen molar-refractivity contribution in [3.63, 3.8) is 0 Å². The first-order chi connectivity index (χ1) is 14.1. The van der Waals surface area contributed by atoms with E-state index in [9.17, 15) is 4.79 Å². The van der Waals surface area contributed by atoms with E-state index in [1.807, 2.05) is 53.2 Å². The molecule has 2 heterocycles. The number of amides is 1. The summed E-state index contributed by atoms with van der Waals surface area (Å²) >= 11 is 12.1. The summed E-state index contributed by atoms with van der Waals surface area (Å²) in [7, 11) is 0. The number of nitrogens with zero attached hydrogens (tertiary/aromatic N) is 3. The van der Waals surface area contributed by atoms with Crippen molar-refractivity contribution in [1.29, 1.82) is 0 Å². The van der Waals surface area contributed by atoms with Crippen molar-refractivity contribution in [3.8, 4) is 0 Å². The highest BCUT2D eigenvalue weighted by atomic mass is 35.5. The Morgan fingerprint density at radius 1 is 1.00 bits per heavy atom. The second-order valence-corrected chi connectivity index (χ2v) is 7.45. The minimum atomic E-state index is -0.196. The highest BCUT2D eigenvalue weighted by molar-refractivity contribution is 6.42. The molecule has 0 saturated heterocycles. The lowest BCUT2D eigenvalue weighted by Crippen LogP contribution is -2.26. The van der Waals surface area contributed by atoms with Gasteiger partial charge < -0.3 is 5.32 Å². The summed E-state index contributed by atoms with van der Waals surface area (Å²) in [6.45, 7) is 0.999. The average molecular weight is 425 g/mol. The van der Waals surface area contributed by atoms with Gasteiger partial charge in [0.05, 0.1) is 22.1 Å². The Morgan fingerprint density at radius 3 is 2.66 bits per heavy atom. The monoisotopic (exact) mass is 424 g/mol. The Balaban J connectivity index is 1.55. The number of fused-ring (bicyclic) bond motifs is 1. The molecule has 0 fully saturated rings. The molecule has 2 aromatic carbocycles. The van der Waals surface area contributed by atoms with Crippen LogP contribution in [0.2, 0.25) is 10.0 Å². The number of hydrogen-bond acceptors (Lipinski definition) is 3. The summed E-state index contributed by atoms with van der Waals surface area (Å²) in [5.41, 5.74) is 3.32. The average Bonchev–Trinajstić information content (AvgIpc) is 3.10. The molecule has 146 valence electrons. The van der Waals surface area contributed by atoms with Crippen LogP contribution in [0.1, 0.15) is 21.6 Å². The zero-order valence-electron chi connectivity index (χ0n) is 15.5. The Bertz CT molecular complexity index is 1160. The van der Waals surface area contributed by atoms with Crippen LogP contribution in [0.3, 0.4) is 0 Å². The van der Waals surface area contributed by atoms with Crippen LogP contribution < -0.4 is 5.32 Å². The SMILES string of the molecule is O=C(NCCc1cccnc1)c1nn(Cc2ccc(Cl)c(Cl)c2)c2ccccc12. The van der Waals surface area contributed by atoms with Crippen LogP contribution in [0.15, 0.2) is 67.0 Å². The van der Waals surface area contributed by atoms with Crippen molar-refractivity contribution in [2.45, 2.75) is 13.0 Å². The third-order valence-corrected chi connectivity index (χ3v) is 5.35. The molecule has 0 saturated carbocycles. The fourth-order valence-corrected chi connectivity index (χ4v) is 3.50. The number of halogens is 2. The molecule has 0 spiro atoms. The third kappa shape index (κ3) is 4.42. The molecule has 1 N–H and O–H groups in total. The second kappa shape index (κ2) is 8.64. The van der Waals surface area contributed by atoms with Crippen molar-refractivity contribution < 1.29 is 4.79 Å². The van der Waals surface area contributed by atoms with E-state index in [0.717, 1.165) is 22.0 Å². The number of pyridine rings is 1. The number of rotatable bonds is 6. The van der Waals surface area contributed by atoms with Gasteiger partial charge in [-0.05, 0) is 41.8 Å². The summed E-state index contributed by atoms with van der Waals surface area (Å²) in [6, 6.07) is 17.0. The van der Waals surface area contributed by atoms with Gasteiger partial charge in [0.25, 0.3) is 5.91 Å². The lowest BCUT2D eigenvalue weighted by molar-refractivity contribution is 0.0950. The predicted molar refractivity (Wildman–Crippen MR) is 116 cm³/mol.